The second-order valence-electron chi connectivity index (χ2n) is 29.8. The highest BCUT2D eigenvalue weighted by atomic mass is 31.2. The second kappa shape index (κ2) is 71.7. The van der Waals surface area contributed by atoms with Crippen LogP contribution in [0.25, 0.3) is 0 Å². The quantitative estimate of drug-likeness (QED) is 0.0222. The molecule has 0 aliphatic heterocycles. The van der Waals surface area contributed by atoms with Crippen molar-refractivity contribution in [2.24, 2.45) is 11.8 Å². The largest absolute Gasteiger partial charge is 0.472 e. The highest BCUT2D eigenvalue weighted by Gasteiger charge is 2.30. The molecule has 0 radical (unpaired) electrons. The normalized spacial score (nSPS) is 13.9. The molecular weight excluding hydrogens is 1290 g/mol. The van der Waals surface area contributed by atoms with Gasteiger partial charge < -0.3 is 33.8 Å². The second-order valence-corrected chi connectivity index (χ2v) is 32.7. The zero-order valence-corrected chi connectivity index (χ0v) is 66.6. The molecule has 5 atom stereocenters. The van der Waals surface area contributed by atoms with Crippen LogP contribution in [0, 0.1) is 11.8 Å². The monoisotopic (exact) mass is 1450 g/mol. The van der Waals surface area contributed by atoms with E-state index in [9.17, 15) is 43.2 Å². The maximum atomic E-state index is 13.1. The number of phosphoric acid groups is 2. The summed E-state index contributed by atoms with van der Waals surface area (Å²) in [5.41, 5.74) is 0. The van der Waals surface area contributed by atoms with Crippen LogP contribution in [0.4, 0.5) is 0 Å². The van der Waals surface area contributed by atoms with Gasteiger partial charge in [-0.2, -0.15) is 0 Å². The van der Waals surface area contributed by atoms with E-state index in [2.05, 4.69) is 41.5 Å². The minimum absolute atomic E-state index is 0.105. The highest BCUT2D eigenvalue weighted by Crippen LogP contribution is 2.45. The van der Waals surface area contributed by atoms with Crippen molar-refractivity contribution in [3.8, 4) is 0 Å². The van der Waals surface area contributed by atoms with Gasteiger partial charge in [-0.05, 0) is 37.5 Å². The molecule has 0 aromatic carbocycles. The van der Waals surface area contributed by atoms with Gasteiger partial charge >= 0.3 is 39.5 Å². The van der Waals surface area contributed by atoms with E-state index in [-0.39, 0.29) is 25.7 Å². The van der Waals surface area contributed by atoms with E-state index in [4.69, 9.17) is 37.0 Å². The van der Waals surface area contributed by atoms with Gasteiger partial charge in [0.05, 0.1) is 26.4 Å². The number of carbonyl (C=O) groups excluding carboxylic acids is 4. The van der Waals surface area contributed by atoms with Crippen LogP contribution in [0.15, 0.2) is 0 Å². The molecule has 3 N–H and O–H groups in total. The van der Waals surface area contributed by atoms with Crippen LogP contribution in [-0.4, -0.2) is 96.7 Å². The Labute approximate surface area is 607 Å². The Bertz CT molecular complexity index is 1910. The number of unbranched alkanes of at least 4 members (excludes halogenated alkanes) is 49. The van der Waals surface area contributed by atoms with E-state index in [1.807, 2.05) is 0 Å². The van der Waals surface area contributed by atoms with Gasteiger partial charge in [0.2, 0.25) is 0 Å². The summed E-state index contributed by atoms with van der Waals surface area (Å²) in [6.45, 7) is 9.56. The third kappa shape index (κ3) is 74.1. The zero-order valence-electron chi connectivity index (χ0n) is 64.8. The fourth-order valence-electron chi connectivity index (χ4n) is 12.4. The molecule has 0 spiro atoms. The molecule has 0 saturated heterocycles. The van der Waals surface area contributed by atoms with Crippen LogP contribution in [0.1, 0.15) is 420 Å². The summed E-state index contributed by atoms with van der Waals surface area (Å²) >= 11 is 0. The summed E-state index contributed by atoms with van der Waals surface area (Å²) < 4.78 is 68.7. The van der Waals surface area contributed by atoms with Gasteiger partial charge in [-0.1, -0.05) is 369 Å². The number of hydrogen-bond acceptors (Lipinski definition) is 15. The Morgan fingerprint density at radius 2 is 0.465 bits per heavy atom. The molecule has 0 bridgehead atoms. The van der Waals surface area contributed by atoms with Gasteiger partial charge in [-0.3, -0.25) is 37.3 Å². The average Bonchev–Trinajstić information content (AvgIpc) is 0.959. The molecular formula is C80H156O17P2. The molecule has 17 nitrogen and oxygen atoms in total. The van der Waals surface area contributed by atoms with Gasteiger partial charge in [0.1, 0.15) is 19.3 Å². The minimum Gasteiger partial charge on any atom is -0.462 e. The molecule has 0 aliphatic rings. The van der Waals surface area contributed by atoms with Crippen LogP contribution >= 0.6 is 15.6 Å². The minimum atomic E-state index is -4.96. The van der Waals surface area contributed by atoms with E-state index < -0.39 is 97.5 Å². The van der Waals surface area contributed by atoms with E-state index in [0.717, 1.165) is 102 Å². The lowest BCUT2D eigenvalue weighted by Gasteiger charge is -2.21. The van der Waals surface area contributed by atoms with Crippen molar-refractivity contribution in [2.75, 3.05) is 39.6 Å². The van der Waals surface area contributed by atoms with E-state index in [1.165, 1.54) is 231 Å². The van der Waals surface area contributed by atoms with Gasteiger partial charge in [0, 0.05) is 25.7 Å². The van der Waals surface area contributed by atoms with Crippen molar-refractivity contribution in [3.05, 3.63) is 0 Å². The molecule has 0 fully saturated rings. The summed E-state index contributed by atoms with van der Waals surface area (Å²) in [4.78, 5) is 72.9. The summed E-state index contributed by atoms with van der Waals surface area (Å²) in [6.07, 6.45) is 61.2. The lowest BCUT2D eigenvalue weighted by atomic mass is 10.0. The molecule has 99 heavy (non-hydrogen) atoms. The first kappa shape index (κ1) is 97.1. The van der Waals surface area contributed by atoms with Crippen molar-refractivity contribution in [1.29, 1.82) is 0 Å². The first-order valence-electron chi connectivity index (χ1n) is 41.5. The van der Waals surface area contributed by atoms with Crippen molar-refractivity contribution in [3.63, 3.8) is 0 Å². The number of hydrogen-bond donors (Lipinski definition) is 3. The van der Waals surface area contributed by atoms with E-state index in [0.29, 0.717) is 31.6 Å². The number of esters is 4. The Morgan fingerprint density at radius 1 is 0.273 bits per heavy atom. The molecule has 0 saturated carbocycles. The average molecular weight is 1450 g/mol. The SMILES string of the molecule is CCCCCCCCCCCCCCCCCCCCCCCC(=O)O[C@H](COC(=O)CCCCCCCCCCCCCCCCC)COP(=O)(O)OC[C@@H](O)COP(=O)(O)OC[C@@H](COC(=O)CCCCCCCCCC(C)C)OC(=O)CCCCCCCCCCCCC(C)C. The lowest BCUT2D eigenvalue weighted by molar-refractivity contribution is -0.161. The first-order valence-corrected chi connectivity index (χ1v) is 44.5. The number of phosphoric ester groups is 2. The summed E-state index contributed by atoms with van der Waals surface area (Å²) in [5, 5.41) is 10.6. The molecule has 588 valence electrons. The first-order chi connectivity index (χ1) is 47.9. The summed E-state index contributed by atoms with van der Waals surface area (Å²) in [6, 6.07) is 0. The smallest absolute Gasteiger partial charge is 0.462 e. The molecule has 0 aromatic rings. The maximum Gasteiger partial charge on any atom is 0.472 e. The van der Waals surface area contributed by atoms with E-state index in [1.54, 1.807) is 0 Å². The molecule has 2 unspecified atom stereocenters. The zero-order chi connectivity index (χ0) is 72.8. The third-order valence-electron chi connectivity index (χ3n) is 18.7. The van der Waals surface area contributed by atoms with Crippen LogP contribution < -0.4 is 0 Å². The Kier molecular flexibility index (Phi) is 70.3. The van der Waals surface area contributed by atoms with E-state index >= 15 is 0 Å². The number of ether oxygens (including phenoxy) is 4. The predicted octanol–water partition coefficient (Wildman–Crippen LogP) is 23.9. The van der Waals surface area contributed by atoms with Crippen LogP contribution in [0.3, 0.4) is 0 Å². The molecule has 0 aliphatic carbocycles. The van der Waals surface area contributed by atoms with Crippen molar-refractivity contribution < 1.29 is 80.2 Å². The van der Waals surface area contributed by atoms with Gasteiger partial charge in [-0.15, -0.1) is 0 Å². The van der Waals surface area contributed by atoms with Crippen LogP contribution in [-0.2, 0) is 65.4 Å². The van der Waals surface area contributed by atoms with Crippen molar-refractivity contribution in [2.45, 2.75) is 439 Å². The van der Waals surface area contributed by atoms with Crippen LogP contribution in [0.2, 0.25) is 0 Å². The third-order valence-corrected chi connectivity index (χ3v) is 20.6. The Balaban J connectivity index is 5.22. The number of aliphatic hydroxyl groups is 1. The molecule has 0 heterocycles. The fraction of sp³-hybridized carbons (Fsp3) is 0.950. The fourth-order valence-corrected chi connectivity index (χ4v) is 13.9. The molecule has 0 amide bonds. The molecule has 0 rings (SSSR count). The van der Waals surface area contributed by atoms with Gasteiger partial charge in [0.25, 0.3) is 0 Å². The van der Waals surface area contributed by atoms with Crippen molar-refractivity contribution >= 4 is 39.5 Å². The highest BCUT2D eigenvalue weighted by molar-refractivity contribution is 7.47. The standard InChI is InChI=1S/C80H156O17P2/c1-7-9-11-13-15-17-19-21-23-24-25-26-27-28-30-32-34-39-45-52-58-64-79(84)96-75(68-90-77(82)62-56-50-44-38-33-31-29-22-20-18-16-14-12-10-8-2)70-94-98(86,87)92-66-74(81)67-93-99(88,89)95-71-76(69-91-78(83)63-57-51-47-41-43-49-55-61-73(5)6)97-80(85)65-59-53-46-40-36-35-37-42-48-54-60-72(3)4/h72-76,81H,7-71H2,1-6H3,(H,86,87)(H,88,89)/t74-,75-,76-/m1/s1. The number of aliphatic hydroxyl groups excluding tert-OH is 1. The maximum absolute atomic E-state index is 13.1. The Morgan fingerprint density at radius 3 is 0.687 bits per heavy atom. The Hall–Kier alpha value is -1.94. The topological polar surface area (TPSA) is 237 Å². The summed E-state index contributed by atoms with van der Waals surface area (Å²) in [7, 11) is -9.92. The summed E-state index contributed by atoms with van der Waals surface area (Å²) in [5.74, 6) is -0.655. The molecule has 19 heteroatoms. The lowest BCUT2D eigenvalue weighted by Crippen LogP contribution is -2.30. The molecule has 0 aromatic heterocycles. The van der Waals surface area contributed by atoms with Crippen molar-refractivity contribution in [1.82, 2.24) is 0 Å². The van der Waals surface area contributed by atoms with Crippen LogP contribution in [0.5, 0.6) is 0 Å². The number of rotatable bonds is 79. The predicted molar refractivity (Wildman–Crippen MR) is 405 cm³/mol. The number of carbonyl (C=O) groups is 4. The van der Waals surface area contributed by atoms with Gasteiger partial charge in [0.15, 0.2) is 12.2 Å². The van der Waals surface area contributed by atoms with Gasteiger partial charge in [-0.25, -0.2) is 9.13 Å².